The highest BCUT2D eigenvalue weighted by atomic mass is 16.4. The maximum Gasteiger partial charge on any atom is 0.326 e. The van der Waals surface area contributed by atoms with Crippen molar-refractivity contribution in [2.45, 2.75) is 69.1 Å². The molecule has 0 spiro atoms. The van der Waals surface area contributed by atoms with Gasteiger partial charge in [-0.05, 0) is 38.5 Å². The molecule has 11 N–H and O–H groups in total. The molecule has 42 heavy (non-hydrogen) atoms. The first-order valence-corrected chi connectivity index (χ1v) is 13.5. The molecule has 0 aliphatic carbocycles. The monoisotopic (exact) mass is 597 g/mol. The first-order chi connectivity index (χ1) is 19.8. The van der Waals surface area contributed by atoms with Crippen molar-refractivity contribution >= 4 is 47.4 Å². The lowest BCUT2D eigenvalue weighted by molar-refractivity contribution is -0.148. The SMILES string of the molecule is N=C(N)NCCC[C@H](NC(=O)CNC(=O)[C@@H](N)CC(=O)O)C(=O)N1CCC[C@H]1C(=O)NCC(=O)N1CCC[C@H]1C(=O)O. The zero-order chi connectivity index (χ0) is 31.4. The van der Waals surface area contributed by atoms with Crippen LogP contribution >= 0.6 is 0 Å². The van der Waals surface area contributed by atoms with Crippen LogP contribution in [0.1, 0.15) is 44.9 Å². The zero-order valence-electron chi connectivity index (χ0n) is 23.1. The third kappa shape index (κ3) is 10.2. The lowest BCUT2D eigenvalue weighted by atomic mass is 10.1. The van der Waals surface area contributed by atoms with Crippen molar-refractivity contribution in [3.63, 3.8) is 0 Å². The third-order valence-corrected chi connectivity index (χ3v) is 6.88. The second-order valence-corrected chi connectivity index (χ2v) is 10.0. The average Bonchev–Trinajstić information content (AvgIpc) is 3.61. The standard InChI is InChI=1S/C24H39N9O9/c25-13(10-19(36)37)20(38)29-11-17(34)31-14(4-1-7-28-24(26)27)22(40)33-9-2-5-15(33)21(39)30-12-18(35)32-8-3-6-16(32)23(41)42/h13-16H,1-12,25H2,(H,29,38)(H,30,39)(H,31,34)(H,36,37)(H,41,42)(H4,26,27,28)/t13-,14-,15-,16-/m0/s1. The predicted octanol–water partition coefficient (Wildman–Crippen LogP) is -4.16. The van der Waals surface area contributed by atoms with Crippen LogP contribution in [0.3, 0.4) is 0 Å². The molecule has 0 aromatic rings. The summed E-state index contributed by atoms with van der Waals surface area (Å²) in [7, 11) is 0. The fraction of sp³-hybridized carbons (Fsp3) is 0.667. The Labute approximate surface area is 241 Å². The molecular formula is C24H39N9O9. The van der Waals surface area contributed by atoms with E-state index in [-0.39, 0.29) is 32.0 Å². The Hall–Kier alpha value is -4.48. The summed E-state index contributed by atoms with van der Waals surface area (Å²) < 4.78 is 0. The average molecular weight is 598 g/mol. The molecule has 0 radical (unpaired) electrons. The highest BCUT2D eigenvalue weighted by molar-refractivity contribution is 5.95. The molecular weight excluding hydrogens is 558 g/mol. The van der Waals surface area contributed by atoms with Crippen molar-refractivity contribution in [3.05, 3.63) is 0 Å². The number of carbonyl (C=O) groups is 7. The number of carboxylic acid groups (broad SMARTS) is 2. The molecule has 2 aliphatic rings. The number of hydrogen-bond acceptors (Lipinski definition) is 9. The van der Waals surface area contributed by atoms with Crippen LogP contribution in [0.4, 0.5) is 0 Å². The fourth-order valence-electron chi connectivity index (χ4n) is 4.82. The van der Waals surface area contributed by atoms with Gasteiger partial charge >= 0.3 is 11.9 Å². The number of guanidine groups is 1. The molecule has 2 saturated heterocycles. The van der Waals surface area contributed by atoms with Gasteiger partial charge in [-0.2, -0.15) is 0 Å². The van der Waals surface area contributed by atoms with Crippen molar-refractivity contribution in [1.29, 1.82) is 5.41 Å². The molecule has 0 saturated carbocycles. The number of nitrogens with one attached hydrogen (secondary N) is 5. The second-order valence-electron chi connectivity index (χ2n) is 10.0. The van der Waals surface area contributed by atoms with Gasteiger partial charge in [-0.15, -0.1) is 0 Å². The van der Waals surface area contributed by atoms with Gasteiger partial charge < -0.3 is 52.7 Å². The van der Waals surface area contributed by atoms with E-state index in [4.69, 9.17) is 22.0 Å². The quantitative estimate of drug-likeness (QED) is 0.0494. The molecule has 5 amide bonds. The van der Waals surface area contributed by atoms with Crippen molar-refractivity contribution in [2.75, 3.05) is 32.7 Å². The van der Waals surface area contributed by atoms with Crippen molar-refractivity contribution < 1.29 is 43.8 Å². The minimum atomic E-state index is -1.37. The normalized spacial score (nSPS) is 19.4. The van der Waals surface area contributed by atoms with Gasteiger partial charge in [0, 0.05) is 19.6 Å². The number of rotatable bonds is 15. The van der Waals surface area contributed by atoms with E-state index in [1.54, 1.807) is 0 Å². The third-order valence-electron chi connectivity index (χ3n) is 6.88. The molecule has 2 heterocycles. The van der Waals surface area contributed by atoms with Crippen molar-refractivity contribution in [2.24, 2.45) is 11.5 Å². The minimum Gasteiger partial charge on any atom is -0.481 e. The van der Waals surface area contributed by atoms with Gasteiger partial charge in [0.25, 0.3) is 0 Å². The van der Waals surface area contributed by atoms with Gasteiger partial charge in [-0.1, -0.05) is 0 Å². The van der Waals surface area contributed by atoms with Gasteiger partial charge in [0.05, 0.1) is 25.6 Å². The summed E-state index contributed by atoms with van der Waals surface area (Å²) in [6.45, 7) is -0.318. The Kier molecular flexibility index (Phi) is 12.9. The molecule has 2 rings (SSSR count). The van der Waals surface area contributed by atoms with Crippen LogP contribution in [0.2, 0.25) is 0 Å². The summed E-state index contributed by atoms with van der Waals surface area (Å²) >= 11 is 0. The highest BCUT2D eigenvalue weighted by Crippen LogP contribution is 2.20. The topological polar surface area (TPSA) is 290 Å². The van der Waals surface area contributed by atoms with Crippen LogP contribution in [0.15, 0.2) is 0 Å². The summed E-state index contributed by atoms with van der Waals surface area (Å²) in [6.07, 6.45) is 1.40. The number of nitrogens with zero attached hydrogens (tertiary/aromatic N) is 2. The molecule has 18 nitrogen and oxygen atoms in total. The van der Waals surface area contributed by atoms with E-state index >= 15 is 0 Å². The lowest BCUT2D eigenvalue weighted by Gasteiger charge is -2.29. The zero-order valence-corrected chi connectivity index (χ0v) is 23.1. The van der Waals surface area contributed by atoms with Crippen LogP contribution in [-0.2, 0) is 33.6 Å². The number of likely N-dealkylation sites (tertiary alicyclic amines) is 2. The summed E-state index contributed by atoms with van der Waals surface area (Å²) in [5.41, 5.74) is 10.8. The first-order valence-electron chi connectivity index (χ1n) is 13.5. The van der Waals surface area contributed by atoms with Crippen LogP contribution in [0, 0.1) is 5.41 Å². The van der Waals surface area contributed by atoms with E-state index in [0.29, 0.717) is 32.1 Å². The maximum absolute atomic E-state index is 13.5. The van der Waals surface area contributed by atoms with Gasteiger partial charge in [-0.25, -0.2) is 4.79 Å². The van der Waals surface area contributed by atoms with Crippen LogP contribution in [0.5, 0.6) is 0 Å². The summed E-state index contributed by atoms with van der Waals surface area (Å²) in [4.78, 5) is 88.1. The maximum atomic E-state index is 13.5. The number of carboxylic acids is 2. The van der Waals surface area contributed by atoms with Crippen molar-refractivity contribution in [1.82, 2.24) is 31.1 Å². The molecule has 2 aliphatic heterocycles. The van der Waals surface area contributed by atoms with E-state index in [0.717, 1.165) is 0 Å². The smallest absolute Gasteiger partial charge is 0.326 e. The molecule has 2 fully saturated rings. The number of amides is 5. The highest BCUT2D eigenvalue weighted by Gasteiger charge is 2.39. The van der Waals surface area contributed by atoms with E-state index in [9.17, 15) is 38.7 Å². The number of carbonyl (C=O) groups excluding carboxylic acids is 5. The first kappa shape index (κ1) is 33.7. The fourth-order valence-corrected chi connectivity index (χ4v) is 4.82. The van der Waals surface area contributed by atoms with Crippen LogP contribution < -0.4 is 32.7 Å². The Morgan fingerprint density at radius 1 is 0.905 bits per heavy atom. The Morgan fingerprint density at radius 3 is 2.17 bits per heavy atom. The molecule has 18 heteroatoms. The largest absolute Gasteiger partial charge is 0.481 e. The second kappa shape index (κ2) is 16.1. The van der Waals surface area contributed by atoms with E-state index in [1.165, 1.54) is 9.80 Å². The number of hydrogen-bond donors (Lipinski definition) is 9. The molecule has 0 aromatic heterocycles. The Bertz CT molecular complexity index is 1070. The molecule has 0 bridgehead atoms. The van der Waals surface area contributed by atoms with Crippen LogP contribution in [-0.4, -0.2) is 124 Å². The summed E-state index contributed by atoms with van der Waals surface area (Å²) in [5, 5.41) is 35.1. The van der Waals surface area contributed by atoms with E-state index in [2.05, 4.69) is 21.3 Å². The molecule has 0 aromatic carbocycles. The van der Waals surface area contributed by atoms with Gasteiger partial charge in [0.15, 0.2) is 5.96 Å². The van der Waals surface area contributed by atoms with E-state index in [1.807, 2.05) is 0 Å². The summed E-state index contributed by atoms with van der Waals surface area (Å²) in [5.74, 6) is -6.02. The minimum absolute atomic E-state index is 0.0895. The Morgan fingerprint density at radius 2 is 1.55 bits per heavy atom. The Balaban J connectivity index is 2.01. The summed E-state index contributed by atoms with van der Waals surface area (Å²) in [6, 6.07) is -4.37. The van der Waals surface area contributed by atoms with Gasteiger partial charge in [0.2, 0.25) is 29.5 Å². The molecule has 4 atom stereocenters. The van der Waals surface area contributed by atoms with Crippen LogP contribution in [0.25, 0.3) is 0 Å². The predicted molar refractivity (Wildman–Crippen MR) is 144 cm³/mol. The molecule has 234 valence electrons. The van der Waals surface area contributed by atoms with Crippen molar-refractivity contribution in [3.8, 4) is 0 Å². The molecule has 0 unspecified atom stereocenters. The number of nitrogens with two attached hydrogens (primary N) is 2. The van der Waals surface area contributed by atoms with Gasteiger partial charge in [0.1, 0.15) is 18.1 Å². The van der Waals surface area contributed by atoms with E-state index < -0.39 is 85.2 Å². The lowest BCUT2D eigenvalue weighted by Crippen LogP contribution is -2.55. The number of aliphatic carboxylic acids is 2. The van der Waals surface area contributed by atoms with Gasteiger partial charge in [-0.3, -0.25) is 34.2 Å².